The third-order valence-electron chi connectivity index (χ3n) is 9.78. The summed E-state index contributed by atoms with van der Waals surface area (Å²) in [6, 6.07) is 20.8. The first-order valence-electron chi connectivity index (χ1n) is 14.4. The van der Waals surface area contributed by atoms with Gasteiger partial charge < -0.3 is 0 Å². The number of allylic oxidation sites excluding steroid dienone is 4. The van der Waals surface area contributed by atoms with Crippen molar-refractivity contribution in [2.45, 2.75) is 90.5 Å². The molecule has 4 bridgehead atoms. The van der Waals surface area contributed by atoms with E-state index in [0.29, 0.717) is 17.8 Å². The standard InChI is InChI=1S/C12H10.C10H15FN.C9H13.C2H7Si.Zr/c1-3-7-11(8-4-1)12-9-5-2-6-10-12;11-9-2-7-1-8(3-9)5-10(12,4-7)6-9;1-6-5-7(2)9(4)8(6)3;1-3-2;/h1-10H;7-8,12H,1-6H2;6H,1-4H3;3H,1-2H3;/q;-1;;;+1. The number of hydrogen-bond donors (Lipinski definition) is 1. The second-order valence-corrected chi connectivity index (χ2v) is 31.1. The summed E-state index contributed by atoms with van der Waals surface area (Å²) >= 11 is -1.89. The molecule has 0 saturated heterocycles. The molecule has 4 heteroatoms. The second-order valence-electron chi connectivity index (χ2n) is 12.9. The molecule has 1 N–H and O–H groups in total. The molecule has 197 valence electrons. The molecular formula is C33H45FNSiZr. The summed E-state index contributed by atoms with van der Waals surface area (Å²) in [4.78, 5) is 0. The maximum Gasteiger partial charge on any atom is -0.0184 e. The molecule has 0 heterocycles. The Morgan fingerprint density at radius 2 is 1.32 bits per heavy atom. The average Bonchev–Trinajstić information content (AvgIpc) is 3.05. The molecule has 5 aliphatic carbocycles. The fourth-order valence-electron chi connectivity index (χ4n) is 8.17. The summed E-state index contributed by atoms with van der Waals surface area (Å²) in [5.74, 6) is 1.22. The van der Waals surface area contributed by atoms with Gasteiger partial charge >= 0.3 is 163 Å². The zero-order chi connectivity index (χ0) is 26.4. The predicted octanol–water partition coefficient (Wildman–Crippen LogP) is 8.77. The summed E-state index contributed by atoms with van der Waals surface area (Å²) < 4.78 is 21.6. The van der Waals surface area contributed by atoms with Crippen molar-refractivity contribution >= 4 is 5.92 Å². The minimum atomic E-state index is -1.89. The van der Waals surface area contributed by atoms with Gasteiger partial charge in [0.2, 0.25) is 0 Å². The molecule has 0 radical (unpaired) electrons. The summed E-state index contributed by atoms with van der Waals surface area (Å²) in [7, 11) is 0. The average molecular weight is 594 g/mol. The first kappa shape index (κ1) is 27.5. The first-order valence-corrected chi connectivity index (χ1v) is 24.0. The Kier molecular flexibility index (Phi) is 8.03. The van der Waals surface area contributed by atoms with E-state index >= 15 is 4.39 Å². The van der Waals surface area contributed by atoms with Gasteiger partial charge in [-0.05, 0) is 11.1 Å². The fourth-order valence-corrected chi connectivity index (χ4v) is 26.0. The molecule has 0 aromatic heterocycles. The van der Waals surface area contributed by atoms with E-state index in [9.17, 15) is 0 Å². The van der Waals surface area contributed by atoms with E-state index in [1.54, 1.807) is 16.7 Å². The SMILES string of the molecule is CC1=C(C)C(C)[C]([Zr]([NH]C23CC4CC(CC(F)(C4)C2)C3)[SiH](C)C)=C1C.c1ccc(-c2ccccc2)cc1. The van der Waals surface area contributed by atoms with E-state index in [1.807, 2.05) is 15.4 Å². The molecule has 5 aliphatic rings. The molecule has 3 atom stereocenters. The van der Waals surface area contributed by atoms with Gasteiger partial charge in [-0.25, -0.2) is 0 Å². The molecule has 7 rings (SSSR count). The molecule has 4 saturated carbocycles. The maximum absolute atomic E-state index is 15.4. The van der Waals surface area contributed by atoms with Crippen molar-refractivity contribution in [3.63, 3.8) is 0 Å². The van der Waals surface area contributed by atoms with Crippen LogP contribution in [0.4, 0.5) is 4.39 Å². The van der Waals surface area contributed by atoms with E-state index in [4.69, 9.17) is 0 Å². The van der Waals surface area contributed by atoms with Gasteiger partial charge in [0.05, 0.1) is 0 Å². The minimum Gasteiger partial charge on any atom is -0.0622 e. The van der Waals surface area contributed by atoms with Crippen molar-refractivity contribution in [1.29, 1.82) is 0 Å². The summed E-state index contributed by atoms with van der Waals surface area (Å²) in [6.45, 7) is 14.6. The fraction of sp³-hybridized carbons (Fsp3) is 0.515. The van der Waals surface area contributed by atoms with Crippen LogP contribution in [0.25, 0.3) is 11.1 Å². The van der Waals surface area contributed by atoms with Crippen molar-refractivity contribution in [3.8, 4) is 11.1 Å². The van der Waals surface area contributed by atoms with Crippen LogP contribution in [0.2, 0.25) is 13.1 Å². The van der Waals surface area contributed by atoms with E-state index in [-0.39, 0.29) is 5.54 Å². The van der Waals surface area contributed by atoms with Crippen molar-refractivity contribution < 1.29 is 25.6 Å². The van der Waals surface area contributed by atoms with Gasteiger partial charge in [0, 0.05) is 0 Å². The molecule has 2 aromatic rings. The van der Waals surface area contributed by atoms with E-state index in [1.165, 1.54) is 30.4 Å². The number of rotatable bonds is 5. The van der Waals surface area contributed by atoms with Crippen LogP contribution in [0.5, 0.6) is 0 Å². The van der Waals surface area contributed by atoms with Crippen LogP contribution < -0.4 is 3.26 Å². The Balaban J connectivity index is 0.000000195. The van der Waals surface area contributed by atoms with Gasteiger partial charge in [-0.2, -0.15) is 0 Å². The van der Waals surface area contributed by atoms with Crippen molar-refractivity contribution in [1.82, 2.24) is 3.26 Å². The Morgan fingerprint density at radius 1 is 0.811 bits per heavy atom. The second kappa shape index (κ2) is 10.8. The minimum absolute atomic E-state index is 0.169. The summed E-state index contributed by atoms with van der Waals surface area (Å²) in [5.41, 5.74) is 6.63. The van der Waals surface area contributed by atoms with E-state index in [2.05, 4.69) is 92.6 Å². The quantitative estimate of drug-likeness (QED) is 0.342. The molecule has 0 amide bonds. The van der Waals surface area contributed by atoms with Gasteiger partial charge in [-0.1, -0.05) is 60.7 Å². The molecule has 1 nitrogen and oxygen atoms in total. The molecule has 3 unspecified atom stereocenters. The van der Waals surface area contributed by atoms with Crippen LogP contribution in [0, 0.1) is 17.8 Å². The predicted molar refractivity (Wildman–Crippen MR) is 155 cm³/mol. The van der Waals surface area contributed by atoms with Crippen LogP contribution in [0.1, 0.15) is 66.2 Å². The van der Waals surface area contributed by atoms with Gasteiger partial charge in [0.1, 0.15) is 0 Å². The van der Waals surface area contributed by atoms with Crippen molar-refractivity contribution in [2.75, 3.05) is 0 Å². The zero-order valence-electron chi connectivity index (χ0n) is 23.7. The number of benzene rings is 2. The van der Waals surface area contributed by atoms with Crippen LogP contribution >= 0.6 is 0 Å². The Labute approximate surface area is 233 Å². The van der Waals surface area contributed by atoms with E-state index in [0.717, 1.165) is 19.3 Å². The maximum atomic E-state index is 15.4. The van der Waals surface area contributed by atoms with Crippen LogP contribution in [0.3, 0.4) is 0 Å². The van der Waals surface area contributed by atoms with Gasteiger partial charge in [0.25, 0.3) is 0 Å². The summed E-state index contributed by atoms with van der Waals surface area (Å²) in [6.07, 6.45) is 6.40. The van der Waals surface area contributed by atoms with Crippen molar-refractivity contribution in [3.05, 3.63) is 80.7 Å². The molecule has 0 spiro atoms. The molecule has 2 aromatic carbocycles. The Hall–Kier alpha value is -1.09. The first-order chi connectivity index (χ1) is 17.6. The normalized spacial score (nSPS) is 32.2. The molecule has 37 heavy (non-hydrogen) atoms. The van der Waals surface area contributed by atoms with Crippen molar-refractivity contribution in [2.24, 2.45) is 17.8 Å². The van der Waals surface area contributed by atoms with Gasteiger partial charge in [-0.3, -0.25) is 0 Å². The van der Waals surface area contributed by atoms with Crippen LogP contribution in [0.15, 0.2) is 80.7 Å². The Morgan fingerprint density at radius 3 is 1.73 bits per heavy atom. The number of hydrogen-bond acceptors (Lipinski definition) is 1. The monoisotopic (exact) mass is 592 g/mol. The third kappa shape index (κ3) is 5.64. The zero-order valence-corrected chi connectivity index (χ0v) is 27.3. The molecule has 0 aliphatic heterocycles. The summed E-state index contributed by atoms with van der Waals surface area (Å²) in [5, 5.41) is 0. The smallest absolute Gasteiger partial charge is 0.0184 e. The number of halogens is 1. The largest absolute Gasteiger partial charge is 0.0622 e. The topological polar surface area (TPSA) is 12.0 Å². The van der Waals surface area contributed by atoms with E-state index < -0.39 is 32.8 Å². The molecule has 4 fully saturated rings. The third-order valence-corrected chi connectivity index (χ3v) is 27.5. The van der Waals surface area contributed by atoms with Gasteiger partial charge in [0.15, 0.2) is 0 Å². The molecular weight excluding hydrogens is 549 g/mol. The Bertz CT molecular complexity index is 1120. The van der Waals surface area contributed by atoms with Crippen LogP contribution in [-0.4, -0.2) is 17.1 Å². The van der Waals surface area contributed by atoms with Crippen LogP contribution in [-0.2, 0) is 21.2 Å². The number of nitrogens with one attached hydrogen (secondary N) is 1. The van der Waals surface area contributed by atoms with Gasteiger partial charge in [-0.15, -0.1) is 0 Å². The number of alkyl halides is 1.